The lowest BCUT2D eigenvalue weighted by Crippen LogP contribution is -2.07. The van der Waals surface area contributed by atoms with Crippen molar-refractivity contribution in [2.45, 2.75) is 0 Å². The lowest BCUT2D eigenvalue weighted by atomic mass is 10.4. The van der Waals surface area contributed by atoms with Crippen LogP contribution >= 0.6 is 11.3 Å². The molecule has 0 fully saturated rings. The third-order valence-corrected chi connectivity index (χ3v) is 2.21. The number of carbonyl (C=O) groups is 2. The molecule has 6 heteroatoms. The van der Waals surface area contributed by atoms with E-state index in [4.69, 9.17) is 10.2 Å². The fourth-order valence-electron chi connectivity index (χ4n) is 0.688. The van der Waals surface area contributed by atoms with Crippen LogP contribution in [0.25, 0.3) is 0 Å². The molecule has 2 N–H and O–H groups in total. The van der Waals surface area contributed by atoms with Crippen LogP contribution in [-0.2, 0) is 0 Å². The fourth-order valence-corrected chi connectivity index (χ4v) is 1.45. The van der Waals surface area contributed by atoms with Crippen molar-refractivity contribution in [3.05, 3.63) is 32.1 Å². The third-order valence-electron chi connectivity index (χ3n) is 1.19. The Labute approximate surface area is 75.9 Å². The van der Waals surface area contributed by atoms with Gasteiger partial charge in [-0.25, -0.2) is 9.59 Å². The van der Waals surface area contributed by atoms with Crippen LogP contribution in [0.4, 0.5) is 0 Å². The summed E-state index contributed by atoms with van der Waals surface area (Å²) in [5.41, 5.74) is -0.617. The zero-order valence-electron chi connectivity index (χ0n) is 6.18. The Morgan fingerprint density at radius 3 is 1.77 bits per heavy atom. The molecule has 0 saturated carbocycles. The van der Waals surface area contributed by atoms with E-state index in [1.54, 1.807) is 0 Å². The summed E-state index contributed by atoms with van der Waals surface area (Å²) in [5, 5.41) is 17.0. The van der Waals surface area contributed by atoms with Gasteiger partial charge in [-0.2, -0.15) is 0 Å². The first-order valence-electron chi connectivity index (χ1n) is 3.12. The van der Waals surface area contributed by atoms with Crippen molar-refractivity contribution in [3.63, 3.8) is 0 Å². The van der Waals surface area contributed by atoms with Crippen molar-refractivity contribution in [2.75, 3.05) is 0 Å². The first-order chi connectivity index (χ1) is 6.00. The highest BCUT2D eigenvalue weighted by atomic mass is 32.1. The van der Waals surface area contributed by atoms with Gasteiger partial charge in [0.2, 0.25) is 0 Å². The van der Waals surface area contributed by atoms with Gasteiger partial charge >= 0.3 is 11.9 Å². The van der Waals surface area contributed by atoms with Gasteiger partial charge < -0.3 is 10.2 Å². The van der Waals surface area contributed by atoms with Gasteiger partial charge in [-0.1, -0.05) is 0 Å². The highest BCUT2D eigenvalue weighted by molar-refractivity contribution is 7.15. The molecular weight excluding hydrogens is 196 g/mol. The Kier molecular flexibility index (Phi) is 2.43. The molecule has 5 nitrogen and oxygen atoms in total. The highest BCUT2D eigenvalue weighted by Gasteiger charge is 2.10. The molecule has 0 aromatic carbocycles. The smallest absolute Gasteiger partial charge is 0.346 e. The predicted octanol–water partition coefficient (Wildman–Crippen LogP) is 0.505. The average molecular weight is 200 g/mol. The van der Waals surface area contributed by atoms with Crippen LogP contribution in [0, 0.1) is 0 Å². The van der Waals surface area contributed by atoms with Gasteiger partial charge in [0.15, 0.2) is 5.43 Å². The Hall–Kier alpha value is -1.69. The van der Waals surface area contributed by atoms with Crippen molar-refractivity contribution >= 4 is 23.3 Å². The Balaban J connectivity index is 3.35. The molecule has 0 spiro atoms. The number of rotatable bonds is 2. The molecule has 1 aromatic heterocycles. The summed E-state index contributed by atoms with van der Waals surface area (Å²) >= 11 is 0.554. The maximum atomic E-state index is 10.8. The molecule has 1 rings (SSSR count). The van der Waals surface area contributed by atoms with Crippen molar-refractivity contribution in [1.29, 1.82) is 0 Å². The summed E-state index contributed by atoms with van der Waals surface area (Å²) in [4.78, 5) is 31.1. The normalized spacial score (nSPS) is 9.54. The summed E-state index contributed by atoms with van der Waals surface area (Å²) in [6.45, 7) is 0. The SMILES string of the molecule is O=C(O)c1cc(=O)cc(C(=O)O)s1. The Bertz CT molecular complexity index is 384. The molecular formula is C7H4O5S. The Morgan fingerprint density at radius 2 is 1.46 bits per heavy atom. The number of hydrogen-bond acceptors (Lipinski definition) is 4. The molecule has 0 saturated heterocycles. The van der Waals surface area contributed by atoms with E-state index < -0.39 is 17.4 Å². The maximum absolute atomic E-state index is 10.8. The average Bonchev–Trinajstić information content (AvgIpc) is 2.03. The lowest BCUT2D eigenvalue weighted by Gasteiger charge is -1.94. The second kappa shape index (κ2) is 3.36. The van der Waals surface area contributed by atoms with Gasteiger partial charge in [0.05, 0.1) is 0 Å². The minimum atomic E-state index is -1.30. The van der Waals surface area contributed by atoms with Crippen LogP contribution in [0.15, 0.2) is 16.9 Å². The first kappa shape index (κ1) is 9.40. The maximum Gasteiger partial charge on any atom is 0.346 e. The molecule has 0 bridgehead atoms. The van der Waals surface area contributed by atoms with Gasteiger partial charge in [0, 0.05) is 12.1 Å². The quantitative estimate of drug-likeness (QED) is 0.725. The summed E-state index contributed by atoms with van der Waals surface area (Å²) in [5.74, 6) is -2.60. The monoisotopic (exact) mass is 200 g/mol. The van der Waals surface area contributed by atoms with Crippen LogP contribution in [0.2, 0.25) is 0 Å². The topological polar surface area (TPSA) is 91.7 Å². The number of carboxylic acids is 2. The zero-order chi connectivity index (χ0) is 10.0. The van der Waals surface area contributed by atoms with Crippen LogP contribution < -0.4 is 5.43 Å². The van der Waals surface area contributed by atoms with Crippen LogP contribution in [0.5, 0.6) is 0 Å². The largest absolute Gasteiger partial charge is 0.477 e. The van der Waals surface area contributed by atoms with Crippen molar-refractivity contribution in [2.24, 2.45) is 0 Å². The Morgan fingerprint density at radius 1 is 1.08 bits per heavy atom. The van der Waals surface area contributed by atoms with Crippen molar-refractivity contribution < 1.29 is 19.8 Å². The zero-order valence-corrected chi connectivity index (χ0v) is 7.00. The molecule has 1 aromatic rings. The molecule has 1 heterocycles. The molecule has 0 aliphatic carbocycles. The molecule has 0 atom stereocenters. The molecule has 0 radical (unpaired) electrons. The fraction of sp³-hybridized carbons (Fsp3) is 0. The predicted molar refractivity (Wildman–Crippen MR) is 44.5 cm³/mol. The van der Waals surface area contributed by atoms with Crippen molar-refractivity contribution in [3.8, 4) is 0 Å². The van der Waals surface area contributed by atoms with Gasteiger partial charge in [-0.05, 0) is 0 Å². The minimum Gasteiger partial charge on any atom is -0.477 e. The second-order valence-electron chi connectivity index (χ2n) is 2.13. The highest BCUT2D eigenvalue weighted by Crippen LogP contribution is 2.10. The minimum absolute atomic E-state index is 0.273. The van der Waals surface area contributed by atoms with Gasteiger partial charge in [0.25, 0.3) is 0 Å². The number of aromatic carboxylic acids is 2. The van der Waals surface area contributed by atoms with Crippen LogP contribution in [0.1, 0.15) is 19.3 Å². The van der Waals surface area contributed by atoms with E-state index in [1.807, 2.05) is 0 Å². The van der Waals surface area contributed by atoms with Crippen molar-refractivity contribution in [1.82, 2.24) is 0 Å². The standard InChI is InChI=1S/C7H4O5S/c8-3-1-4(6(9)10)13-5(2-3)7(11)12/h1-2H,(H,9,10)(H,11,12). The second-order valence-corrected chi connectivity index (χ2v) is 3.22. The van der Waals surface area contributed by atoms with E-state index in [0.29, 0.717) is 11.3 Å². The summed E-state index contributed by atoms with van der Waals surface area (Å²) in [6, 6.07) is 1.78. The number of carboxylic acid groups (broad SMARTS) is 2. The molecule has 68 valence electrons. The molecule has 0 aliphatic heterocycles. The third kappa shape index (κ3) is 2.12. The van der Waals surface area contributed by atoms with E-state index in [0.717, 1.165) is 12.1 Å². The van der Waals surface area contributed by atoms with Gasteiger partial charge in [-0.3, -0.25) is 4.79 Å². The van der Waals surface area contributed by atoms with Crippen LogP contribution in [-0.4, -0.2) is 22.2 Å². The molecule has 0 amide bonds. The van der Waals surface area contributed by atoms with E-state index in [9.17, 15) is 14.4 Å². The number of hydrogen-bond donors (Lipinski definition) is 2. The first-order valence-corrected chi connectivity index (χ1v) is 3.94. The van der Waals surface area contributed by atoms with Gasteiger partial charge in [-0.15, -0.1) is 11.3 Å². The molecule has 0 unspecified atom stereocenters. The summed E-state index contributed by atoms with van der Waals surface area (Å²) in [7, 11) is 0. The van der Waals surface area contributed by atoms with E-state index in [1.165, 1.54) is 0 Å². The summed E-state index contributed by atoms with van der Waals surface area (Å²) < 4.78 is 0. The summed E-state index contributed by atoms with van der Waals surface area (Å²) in [6.07, 6.45) is 0. The van der Waals surface area contributed by atoms with E-state index in [2.05, 4.69) is 0 Å². The van der Waals surface area contributed by atoms with E-state index >= 15 is 0 Å². The molecule has 0 aliphatic rings. The van der Waals surface area contributed by atoms with Gasteiger partial charge in [0.1, 0.15) is 9.75 Å². The lowest BCUT2D eigenvalue weighted by molar-refractivity contribution is 0.0696. The van der Waals surface area contributed by atoms with Crippen LogP contribution in [0.3, 0.4) is 0 Å². The molecule has 13 heavy (non-hydrogen) atoms. The van der Waals surface area contributed by atoms with E-state index in [-0.39, 0.29) is 9.75 Å².